The third kappa shape index (κ3) is 8.45. The van der Waals surface area contributed by atoms with Gasteiger partial charge in [0.2, 0.25) is 5.75 Å². The Labute approximate surface area is 195 Å². The van der Waals surface area contributed by atoms with E-state index in [0.29, 0.717) is 30.1 Å². The van der Waals surface area contributed by atoms with E-state index in [9.17, 15) is 14.4 Å². The SMILES string of the molecule is COC(=O)C(C)CC(C=O)(CNCc1cc(OC)c(OC)c(OC)c1)NC(=O)OC(C)(C)C. The summed E-state index contributed by atoms with van der Waals surface area (Å²) >= 11 is 0. The van der Waals surface area contributed by atoms with Crippen LogP contribution in [0.5, 0.6) is 17.2 Å². The van der Waals surface area contributed by atoms with Crippen LogP contribution in [0, 0.1) is 5.92 Å². The van der Waals surface area contributed by atoms with Gasteiger partial charge in [0, 0.05) is 13.1 Å². The number of methoxy groups -OCH3 is 4. The Bertz CT molecular complexity index is 796. The molecule has 0 aliphatic carbocycles. The topological polar surface area (TPSA) is 121 Å². The van der Waals surface area contributed by atoms with E-state index < -0.39 is 29.1 Å². The van der Waals surface area contributed by atoms with Gasteiger partial charge in [0.05, 0.1) is 34.4 Å². The highest BCUT2D eigenvalue weighted by atomic mass is 16.6. The molecule has 1 aromatic carbocycles. The Morgan fingerprint density at radius 3 is 2.03 bits per heavy atom. The predicted molar refractivity (Wildman–Crippen MR) is 122 cm³/mol. The summed E-state index contributed by atoms with van der Waals surface area (Å²) in [6, 6.07) is 3.55. The molecule has 1 amide bonds. The molecule has 0 fully saturated rings. The Balaban J connectivity index is 3.09. The number of alkyl carbamates (subject to hydrolysis) is 1. The summed E-state index contributed by atoms with van der Waals surface area (Å²) in [5.41, 5.74) is -1.37. The van der Waals surface area contributed by atoms with E-state index in [1.807, 2.05) is 0 Å². The van der Waals surface area contributed by atoms with E-state index in [0.717, 1.165) is 5.56 Å². The predicted octanol–water partition coefficient (Wildman–Crippen LogP) is 2.46. The maximum atomic E-state index is 12.4. The van der Waals surface area contributed by atoms with Crippen LogP contribution in [0.4, 0.5) is 4.79 Å². The lowest BCUT2D eigenvalue weighted by atomic mass is 9.89. The number of hydrogen-bond donors (Lipinski definition) is 2. The Morgan fingerprint density at radius 2 is 1.61 bits per heavy atom. The van der Waals surface area contributed by atoms with Gasteiger partial charge in [-0.15, -0.1) is 0 Å². The van der Waals surface area contributed by atoms with Gasteiger partial charge in [-0.2, -0.15) is 0 Å². The first-order chi connectivity index (χ1) is 15.4. The fourth-order valence-corrected chi connectivity index (χ4v) is 3.29. The largest absolute Gasteiger partial charge is 0.493 e. The van der Waals surface area contributed by atoms with Crippen LogP contribution in [0.25, 0.3) is 0 Å². The molecule has 0 saturated carbocycles. The molecule has 33 heavy (non-hydrogen) atoms. The lowest BCUT2D eigenvalue weighted by Crippen LogP contribution is -2.58. The quantitative estimate of drug-likeness (QED) is 0.352. The van der Waals surface area contributed by atoms with Crippen LogP contribution in [0.1, 0.15) is 39.7 Å². The number of esters is 1. The van der Waals surface area contributed by atoms with Crippen molar-refractivity contribution < 1.29 is 38.1 Å². The molecule has 0 aliphatic rings. The average Bonchev–Trinajstić information content (AvgIpc) is 2.75. The molecule has 186 valence electrons. The van der Waals surface area contributed by atoms with E-state index in [2.05, 4.69) is 10.6 Å². The first kappa shape index (κ1) is 28.0. The Kier molecular flexibility index (Phi) is 10.4. The minimum Gasteiger partial charge on any atom is -0.493 e. The number of hydrogen-bond acceptors (Lipinski definition) is 9. The monoisotopic (exact) mass is 468 g/mol. The zero-order chi connectivity index (χ0) is 25.2. The summed E-state index contributed by atoms with van der Waals surface area (Å²) in [6.45, 7) is 7.13. The van der Waals surface area contributed by atoms with Crippen molar-refractivity contribution in [2.45, 2.75) is 51.8 Å². The zero-order valence-electron chi connectivity index (χ0n) is 20.7. The van der Waals surface area contributed by atoms with E-state index in [-0.39, 0.29) is 13.0 Å². The van der Waals surface area contributed by atoms with Crippen molar-refractivity contribution >= 4 is 18.3 Å². The zero-order valence-corrected chi connectivity index (χ0v) is 20.7. The lowest BCUT2D eigenvalue weighted by Gasteiger charge is -2.32. The van der Waals surface area contributed by atoms with Gasteiger partial charge in [-0.1, -0.05) is 6.92 Å². The van der Waals surface area contributed by atoms with E-state index in [4.69, 9.17) is 23.7 Å². The number of rotatable bonds is 12. The first-order valence-electron chi connectivity index (χ1n) is 10.5. The fraction of sp³-hybridized carbons (Fsp3) is 0.609. The molecule has 0 aliphatic heterocycles. The van der Waals surface area contributed by atoms with Gasteiger partial charge in [0.25, 0.3) is 0 Å². The third-order valence-electron chi connectivity index (χ3n) is 4.74. The molecule has 1 rings (SSSR count). The normalized spacial score (nSPS) is 13.8. The maximum Gasteiger partial charge on any atom is 0.408 e. The molecule has 1 aromatic rings. The number of nitrogens with one attached hydrogen (secondary N) is 2. The van der Waals surface area contributed by atoms with E-state index in [1.165, 1.54) is 28.4 Å². The number of carbonyl (C=O) groups excluding carboxylic acids is 3. The van der Waals surface area contributed by atoms with Crippen LogP contribution in [-0.2, 0) is 25.6 Å². The van der Waals surface area contributed by atoms with Gasteiger partial charge in [0.15, 0.2) is 11.5 Å². The second kappa shape index (κ2) is 12.3. The molecule has 2 atom stereocenters. The number of benzene rings is 1. The molecular formula is C23H36N2O8. The molecule has 2 unspecified atom stereocenters. The molecule has 0 saturated heterocycles. The van der Waals surface area contributed by atoms with Crippen molar-refractivity contribution in [3.63, 3.8) is 0 Å². The molecule has 0 bridgehead atoms. The van der Waals surface area contributed by atoms with Crippen molar-refractivity contribution in [1.29, 1.82) is 0 Å². The van der Waals surface area contributed by atoms with Gasteiger partial charge < -0.3 is 39.1 Å². The van der Waals surface area contributed by atoms with Crippen LogP contribution in [0.2, 0.25) is 0 Å². The number of aldehydes is 1. The smallest absolute Gasteiger partial charge is 0.408 e. The molecule has 10 heteroatoms. The van der Waals surface area contributed by atoms with E-state index >= 15 is 0 Å². The van der Waals surface area contributed by atoms with Crippen LogP contribution < -0.4 is 24.8 Å². The summed E-state index contributed by atoms with van der Waals surface area (Å²) in [5, 5.41) is 5.79. The van der Waals surface area contributed by atoms with Crippen molar-refractivity contribution in [2.75, 3.05) is 35.0 Å². The highest BCUT2D eigenvalue weighted by Gasteiger charge is 2.37. The van der Waals surface area contributed by atoms with Crippen LogP contribution >= 0.6 is 0 Å². The van der Waals surface area contributed by atoms with Crippen molar-refractivity contribution in [3.8, 4) is 17.2 Å². The van der Waals surface area contributed by atoms with Crippen molar-refractivity contribution in [1.82, 2.24) is 10.6 Å². The molecule has 0 aromatic heterocycles. The highest BCUT2D eigenvalue weighted by molar-refractivity contribution is 5.79. The van der Waals surface area contributed by atoms with Gasteiger partial charge in [-0.25, -0.2) is 4.79 Å². The molecule has 0 spiro atoms. The summed E-state index contributed by atoms with van der Waals surface area (Å²) in [7, 11) is 5.82. The second-order valence-electron chi connectivity index (χ2n) is 8.67. The first-order valence-corrected chi connectivity index (χ1v) is 10.5. The maximum absolute atomic E-state index is 12.4. The summed E-state index contributed by atoms with van der Waals surface area (Å²) < 4.78 is 26.1. The fourth-order valence-electron chi connectivity index (χ4n) is 3.29. The number of ether oxygens (including phenoxy) is 5. The van der Waals surface area contributed by atoms with Crippen molar-refractivity contribution in [3.05, 3.63) is 17.7 Å². The molecular weight excluding hydrogens is 432 g/mol. The second-order valence-corrected chi connectivity index (χ2v) is 8.67. The Hall–Kier alpha value is -3.01. The van der Waals surface area contributed by atoms with Crippen LogP contribution in [0.15, 0.2) is 12.1 Å². The Morgan fingerprint density at radius 1 is 1.03 bits per heavy atom. The third-order valence-corrected chi connectivity index (χ3v) is 4.74. The minimum absolute atomic E-state index is 0.0185. The molecule has 0 heterocycles. The minimum atomic E-state index is -1.41. The summed E-state index contributed by atoms with van der Waals surface area (Å²) in [6.07, 6.45) is -0.135. The molecule has 2 N–H and O–H groups in total. The van der Waals surface area contributed by atoms with Gasteiger partial charge in [0.1, 0.15) is 17.4 Å². The van der Waals surface area contributed by atoms with Crippen LogP contribution in [0.3, 0.4) is 0 Å². The molecule has 0 radical (unpaired) electrons. The number of amides is 1. The van der Waals surface area contributed by atoms with Crippen LogP contribution in [-0.4, -0.2) is 64.5 Å². The van der Waals surface area contributed by atoms with Gasteiger partial charge in [-0.05, 0) is 44.9 Å². The molecule has 10 nitrogen and oxygen atoms in total. The van der Waals surface area contributed by atoms with Gasteiger partial charge >= 0.3 is 12.1 Å². The average molecular weight is 469 g/mol. The standard InChI is InChI=1S/C23H36N2O8/c1-15(20(27)32-8)11-23(14-26,25-21(28)33-22(2,3)4)13-24-12-16-9-17(29-5)19(31-7)18(10-16)30-6/h9-10,14-15,24H,11-13H2,1-8H3,(H,25,28). The van der Waals surface area contributed by atoms with Gasteiger partial charge in [-0.3, -0.25) is 4.79 Å². The lowest BCUT2D eigenvalue weighted by molar-refractivity contribution is -0.145. The summed E-state index contributed by atoms with van der Waals surface area (Å²) in [4.78, 5) is 36.6. The van der Waals surface area contributed by atoms with Crippen molar-refractivity contribution in [2.24, 2.45) is 5.92 Å². The summed E-state index contributed by atoms with van der Waals surface area (Å²) in [5.74, 6) is 0.308. The highest BCUT2D eigenvalue weighted by Crippen LogP contribution is 2.38. The number of carbonyl (C=O) groups is 3. The van der Waals surface area contributed by atoms with E-state index in [1.54, 1.807) is 39.8 Å².